The lowest BCUT2D eigenvalue weighted by Gasteiger charge is -2.04. The van der Waals surface area contributed by atoms with Gasteiger partial charge in [0.15, 0.2) is 0 Å². The summed E-state index contributed by atoms with van der Waals surface area (Å²) in [5, 5.41) is 17.5. The van der Waals surface area contributed by atoms with Crippen LogP contribution in [0.15, 0.2) is 16.6 Å². The number of nitrogens with zero attached hydrogens (tertiary/aromatic N) is 1. The summed E-state index contributed by atoms with van der Waals surface area (Å²) in [6.07, 6.45) is -0.122. The lowest BCUT2D eigenvalue weighted by Crippen LogP contribution is -2.03. The minimum absolute atomic E-state index is 0.122. The number of carboxylic acids is 1. The Labute approximate surface area is 90.1 Å². The van der Waals surface area contributed by atoms with Crippen LogP contribution in [0, 0.1) is 18.3 Å². The van der Waals surface area contributed by atoms with Crippen molar-refractivity contribution in [1.82, 2.24) is 0 Å². The molecule has 0 bridgehead atoms. The van der Waals surface area contributed by atoms with Gasteiger partial charge in [0.2, 0.25) is 0 Å². The van der Waals surface area contributed by atoms with Crippen LogP contribution in [0.25, 0.3) is 0 Å². The zero-order valence-electron chi connectivity index (χ0n) is 7.54. The predicted molar refractivity (Wildman–Crippen MR) is 54.9 cm³/mol. The van der Waals surface area contributed by atoms with Crippen LogP contribution in [-0.2, 0) is 11.2 Å². The van der Waals surface area contributed by atoms with Gasteiger partial charge in [-0.25, -0.2) is 0 Å². The Balaban J connectivity index is 3.26. The molecule has 4 heteroatoms. The van der Waals surface area contributed by atoms with Crippen molar-refractivity contribution in [3.63, 3.8) is 0 Å². The van der Waals surface area contributed by atoms with E-state index in [1.165, 1.54) is 0 Å². The van der Waals surface area contributed by atoms with E-state index in [0.29, 0.717) is 15.6 Å². The molecule has 0 heterocycles. The summed E-state index contributed by atoms with van der Waals surface area (Å²) in [7, 11) is 0. The summed E-state index contributed by atoms with van der Waals surface area (Å²) in [4.78, 5) is 10.5. The highest BCUT2D eigenvalue weighted by Gasteiger charge is 2.10. The summed E-state index contributed by atoms with van der Waals surface area (Å²) in [5.74, 6) is -0.931. The van der Waals surface area contributed by atoms with Crippen LogP contribution in [-0.4, -0.2) is 11.1 Å². The molecular weight excluding hydrogens is 246 g/mol. The molecule has 3 nitrogen and oxygen atoms in total. The molecule has 0 spiro atoms. The summed E-state index contributed by atoms with van der Waals surface area (Å²) >= 11 is 3.23. The standard InChI is InChI=1S/C10H8BrNO2/c1-6-2-7(4-10(13)14)8(5-12)9(11)3-6/h2-3H,4H2,1H3,(H,13,14). The van der Waals surface area contributed by atoms with Crippen LogP contribution < -0.4 is 0 Å². The Hall–Kier alpha value is -1.34. The zero-order valence-corrected chi connectivity index (χ0v) is 9.13. The molecule has 1 rings (SSSR count). The maximum atomic E-state index is 10.5. The van der Waals surface area contributed by atoms with E-state index in [0.717, 1.165) is 5.56 Å². The fourth-order valence-corrected chi connectivity index (χ4v) is 1.95. The molecule has 0 amide bonds. The number of rotatable bonds is 2. The van der Waals surface area contributed by atoms with E-state index < -0.39 is 5.97 Å². The minimum atomic E-state index is -0.931. The Kier molecular flexibility index (Phi) is 3.26. The molecule has 0 aliphatic carbocycles. The summed E-state index contributed by atoms with van der Waals surface area (Å²) in [6, 6.07) is 5.50. The molecule has 0 fully saturated rings. The van der Waals surface area contributed by atoms with Crippen molar-refractivity contribution >= 4 is 21.9 Å². The molecule has 0 radical (unpaired) electrons. The van der Waals surface area contributed by atoms with Gasteiger partial charge >= 0.3 is 5.97 Å². The number of carboxylic acid groups (broad SMARTS) is 1. The van der Waals surface area contributed by atoms with E-state index in [9.17, 15) is 4.79 Å². The van der Waals surface area contributed by atoms with Crippen LogP contribution >= 0.6 is 15.9 Å². The number of hydrogen-bond donors (Lipinski definition) is 1. The number of nitriles is 1. The molecule has 0 unspecified atom stereocenters. The van der Waals surface area contributed by atoms with E-state index in [4.69, 9.17) is 10.4 Å². The second-order valence-corrected chi connectivity index (χ2v) is 3.82. The Morgan fingerprint density at radius 2 is 2.29 bits per heavy atom. The molecule has 72 valence electrons. The summed E-state index contributed by atoms with van der Waals surface area (Å²) in [5.41, 5.74) is 1.89. The average molecular weight is 254 g/mol. The van der Waals surface area contributed by atoms with Gasteiger partial charge in [-0.15, -0.1) is 0 Å². The summed E-state index contributed by atoms with van der Waals surface area (Å²) in [6.45, 7) is 1.86. The molecule has 0 saturated heterocycles. The lowest BCUT2D eigenvalue weighted by molar-refractivity contribution is -0.136. The highest BCUT2D eigenvalue weighted by atomic mass is 79.9. The van der Waals surface area contributed by atoms with Gasteiger partial charge < -0.3 is 5.11 Å². The molecule has 1 N–H and O–H groups in total. The van der Waals surface area contributed by atoms with E-state index in [-0.39, 0.29) is 6.42 Å². The van der Waals surface area contributed by atoms with Crippen LogP contribution in [0.5, 0.6) is 0 Å². The number of aliphatic carboxylic acids is 1. The van der Waals surface area contributed by atoms with Crippen molar-refractivity contribution in [3.8, 4) is 6.07 Å². The van der Waals surface area contributed by atoms with Crippen molar-refractivity contribution in [2.24, 2.45) is 0 Å². The maximum absolute atomic E-state index is 10.5. The first-order valence-electron chi connectivity index (χ1n) is 3.95. The normalized spacial score (nSPS) is 9.50. The van der Waals surface area contributed by atoms with Crippen molar-refractivity contribution in [3.05, 3.63) is 33.3 Å². The Morgan fingerprint density at radius 3 is 2.79 bits per heavy atom. The highest BCUT2D eigenvalue weighted by Crippen LogP contribution is 2.22. The third kappa shape index (κ3) is 2.33. The van der Waals surface area contributed by atoms with E-state index in [1.54, 1.807) is 12.1 Å². The van der Waals surface area contributed by atoms with Crippen molar-refractivity contribution in [1.29, 1.82) is 5.26 Å². The van der Waals surface area contributed by atoms with Crippen LogP contribution in [0.1, 0.15) is 16.7 Å². The number of carbonyl (C=O) groups is 1. The van der Waals surface area contributed by atoms with Gasteiger partial charge in [-0.2, -0.15) is 5.26 Å². The lowest BCUT2D eigenvalue weighted by atomic mass is 10.0. The predicted octanol–water partition coefficient (Wildman–Crippen LogP) is 2.26. The van der Waals surface area contributed by atoms with E-state index >= 15 is 0 Å². The van der Waals surface area contributed by atoms with Gasteiger partial charge in [-0.1, -0.05) is 6.07 Å². The number of halogens is 1. The molecule has 0 aliphatic heterocycles. The molecule has 0 aromatic heterocycles. The second kappa shape index (κ2) is 4.25. The van der Waals surface area contributed by atoms with Gasteiger partial charge in [0.25, 0.3) is 0 Å². The molecule has 1 aromatic carbocycles. The van der Waals surface area contributed by atoms with Crippen LogP contribution in [0.4, 0.5) is 0 Å². The second-order valence-electron chi connectivity index (χ2n) is 2.96. The summed E-state index contributed by atoms with van der Waals surface area (Å²) < 4.78 is 0.649. The first-order valence-corrected chi connectivity index (χ1v) is 4.75. The van der Waals surface area contributed by atoms with Crippen molar-refractivity contribution < 1.29 is 9.90 Å². The molecular formula is C10H8BrNO2. The van der Waals surface area contributed by atoms with E-state index in [1.807, 2.05) is 13.0 Å². The van der Waals surface area contributed by atoms with Gasteiger partial charge in [0.05, 0.1) is 12.0 Å². The molecule has 14 heavy (non-hydrogen) atoms. The zero-order chi connectivity index (χ0) is 10.7. The molecule has 0 saturated carbocycles. The van der Waals surface area contributed by atoms with Gasteiger partial charge in [-0.3, -0.25) is 4.79 Å². The van der Waals surface area contributed by atoms with Crippen LogP contribution in [0.2, 0.25) is 0 Å². The fraction of sp³-hybridized carbons (Fsp3) is 0.200. The molecule has 0 aliphatic rings. The van der Waals surface area contributed by atoms with E-state index in [2.05, 4.69) is 15.9 Å². The smallest absolute Gasteiger partial charge is 0.307 e. The van der Waals surface area contributed by atoms with Crippen LogP contribution in [0.3, 0.4) is 0 Å². The minimum Gasteiger partial charge on any atom is -0.481 e. The largest absolute Gasteiger partial charge is 0.481 e. The third-order valence-corrected chi connectivity index (χ3v) is 2.40. The first-order chi connectivity index (χ1) is 6.54. The Morgan fingerprint density at radius 1 is 1.64 bits per heavy atom. The average Bonchev–Trinajstić information content (AvgIpc) is 2.01. The monoisotopic (exact) mass is 253 g/mol. The number of hydrogen-bond acceptors (Lipinski definition) is 2. The van der Waals surface area contributed by atoms with Gasteiger partial charge in [0, 0.05) is 4.47 Å². The van der Waals surface area contributed by atoms with Gasteiger partial charge in [-0.05, 0) is 40.0 Å². The van der Waals surface area contributed by atoms with Crippen molar-refractivity contribution in [2.75, 3.05) is 0 Å². The first kappa shape index (κ1) is 10.7. The highest BCUT2D eigenvalue weighted by molar-refractivity contribution is 9.10. The fourth-order valence-electron chi connectivity index (χ4n) is 1.24. The Bertz CT molecular complexity index is 421. The number of aryl methyl sites for hydroxylation is 1. The van der Waals surface area contributed by atoms with Crippen molar-refractivity contribution in [2.45, 2.75) is 13.3 Å². The van der Waals surface area contributed by atoms with Gasteiger partial charge in [0.1, 0.15) is 6.07 Å². The SMILES string of the molecule is Cc1cc(Br)c(C#N)c(CC(=O)O)c1. The molecule has 1 aromatic rings. The number of benzene rings is 1. The third-order valence-electron chi connectivity index (χ3n) is 1.77. The topological polar surface area (TPSA) is 61.1 Å². The quantitative estimate of drug-likeness (QED) is 0.880. The maximum Gasteiger partial charge on any atom is 0.307 e. The molecule has 0 atom stereocenters.